The van der Waals surface area contributed by atoms with Crippen LogP contribution in [-0.4, -0.2) is 24.9 Å². The molecule has 0 heterocycles. The second-order valence-corrected chi connectivity index (χ2v) is 6.92. The van der Waals surface area contributed by atoms with E-state index in [4.69, 9.17) is 9.47 Å². The third kappa shape index (κ3) is 6.91. The standard InChI is InChI=1S/C17H28FNO2/c1-16(2,3)19-12-13-11-14(18)7-8-15(13)21-10-9-17(4,5)20-6/h7-8,11,19H,9-10,12H2,1-6H3. The van der Waals surface area contributed by atoms with E-state index in [1.54, 1.807) is 13.2 Å². The van der Waals surface area contributed by atoms with Gasteiger partial charge in [-0.1, -0.05) is 0 Å². The van der Waals surface area contributed by atoms with E-state index in [2.05, 4.69) is 26.1 Å². The molecule has 0 fully saturated rings. The molecule has 0 atom stereocenters. The van der Waals surface area contributed by atoms with E-state index in [0.717, 1.165) is 17.7 Å². The number of hydrogen-bond acceptors (Lipinski definition) is 3. The number of hydrogen-bond donors (Lipinski definition) is 1. The maximum atomic E-state index is 13.4. The zero-order chi connectivity index (χ0) is 16.1. The molecule has 4 heteroatoms. The van der Waals surface area contributed by atoms with Gasteiger partial charge in [0.15, 0.2) is 0 Å². The molecule has 0 spiro atoms. The van der Waals surface area contributed by atoms with Crippen LogP contribution in [0.15, 0.2) is 18.2 Å². The Morgan fingerprint density at radius 1 is 1.14 bits per heavy atom. The zero-order valence-electron chi connectivity index (χ0n) is 14.0. The minimum Gasteiger partial charge on any atom is -0.493 e. The van der Waals surface area contributed by atoms with E-state index in [1.165, 1.54) is 12.1 Å². The highest BCUT2D eigenvalue weighted by Gasteiger charge is 2.17. The fourth-order valence-corrected chi connectivity index (χ4v) is 1.70. The van der Waals surface area contributed by atoms with E-state index in [-0.39, 0.29) is 17.0 Å². The lowest BCUT2D eigenvalue weighted by Crippen LogP contribution is -2.35. The normalized spacial score (nSPS) is 12.5. The molecule has 0 bridgehead atoms. The Labute approximate surface area is 127 Å². The molecule has 0 aromatic heterocycles. The highest BCUT2D eigenvalue weighted by molar-refractivity contribution is 5.34. The van der Waals surface area contributed by atoms with Gasteiger partial charge in [0.05, 0.1) is 12.2 Å². The van der Waals surface area contributed by atoms with Crippen LogP contribution in [0.5, 0.6) is 5.75 Å². The first-order chi connectivity index (χ1) is 9.63. The van der Waals surface area contributed by atoms with Crippen molar-refractivity contribution >= 4 is 0 Å². The maximum absolute atomic E-state index is 13.4. The SMILES string of the molecule is COC(C)(C)CCOc1ccc(F)cc1CNC(C)(C)C. The van der Waals surface area contributed by atoms with Crippen molar-refractivity contribution in [3.8, 4) is 5.75 Å². The monoisotopic (exact) mass is 297 g/mol. The molecule has 0 aliphatic heterocycles. The van der Waals surface area contributed by atoms with Crippen LogP contribution in [0.3, 0.4) is 0 Å². The number of ether oxygens (including phenoxy) is 2. The zero-order valence-corrected chi connectivity index (χ0v) is 14.0. The van der Waals surface area contributed by atoms with Crippen LogP contribution in [0.25, 0.3) is 0 Å². The van der Waals surface area contributed by atoms with Gasteiger partial charge in [-0.25, -0.2) is 4.39 Å². The Hall–Kier alpha value is -1.13. The number of halogens is 1. The highest BCUT2D eigenvalue weighted by Crippen LogP contribution is 2.22. The lowest BCUT2D eigenvalue weighted by molar-refractivity contribution is 0.00536. The van der Waals surface area contributed by atoms with Gasteiger partial charge >= 0.3 is 0 Å². The van der Waals surface area contributed by atoms with E-state index >= 15 is 0 Å². The quantitative estimate of drug-likeness (QED) is 0.828. The molecule has 0 aliphatic rings. The Morgan fingerprint density at radius 2 is 1.81 bits per heavy atom. The van der Waals surface area contributed by atoms with Gasteiger partial charge in [0.25, 0.3) is 0 Å². The molecule has 0 radical (unpaired) electrons. The fraction of sp³-hybridized carbons (Fsp3) is 0.647. The summed E-state index contributed by atoms with van der Waals surface area (Å²) in [7, 11) is 1.69. The third-order valence-electron chi connectivity index (χ3n) is 3.35. The molecule has 0 saturated carbocycles. The third-order valence-corrected chi connectivity index (χ3v) is 3.35. The summed E-state index contributed by atoms with van der Waals surface area (Å²) in [5, 5.41) is 3.35. The molecular weight excluding hydrogens is 269 g/mol. The topological polar surface area (TPSA) is 30.5 Å². The number of benzene rings is 1. The average molecular weight is 297 g/mol. The molecule has 0 saturated heterocycles. The minimum atomic E-state index is -0.245. The van der Waals surface area contributed by atoms with Crippen LogP contribution in [0.2, 0.25) is 0 Å². The van der Waals surface area contributed by atoms with Gasteiger partial charge < -0.3 is 14.8 Å². The predicted octanol–water partition coefficient (Wildman–Crippen LogP) is 3.91. The summed E-state index contributed by atoms with van der Waals surface area (Å²) in [5.41, 5.74) is 0.589. The van der Waals surface area contributed by atoms with Crippen molar-refractivity contribution in [2.24, 2.45) is 0 Å². The molecule has 1 aromatic rings. The molecule has 1 N–H and O–H groups in total. The molecular formula is C17H28FNO2. The van der Waals surface area contributed by atoms with Crippen LogP contribution in [0, 0.1) is 5.82 Å². The van der Waals surface area contributed by atoms with Crippen molar-refractivity contribution in [1.29, 1.82) is 0 Å². The summed E-state index contributed by atoms with van der Waals surface area (Å²) in [6.45, 7) is 11.4. The predicted molar refractivity (Wildman–Crippen MR) is 84.2 cm³/mol. The van der Waals surface area contributed by atoms with Crippen LogP contribution >= 0.6 is 0 Å². The molecule has 0 unspecified atom stereocenters. The second kappa shape index (κ2) is 7.23. The van der Waals surface area contributed by atoms with Gasteiger partial charge in [-0.3, -0.25) is 0 Å². The second-order valence-electron chi connectivity index (χ2n) is 6.92. The van der Waals surface area contributed by atoms with Crippen molar-refractivity contribution in [2.45, 2.75) is 58.7 Å². The lowest BCUT2D eigenvalue weighted by Gasteiger charge is -2.24. The number of methoxy groups -OCH3 is 1. The molecule has 0 aliphatic carbocycles. The Kier molecular flexibility index (Phi) is 6.17. The minimum absolute atomic E-state index is 0.0262. The maximum Gasteiger partial charge on any atom is 0.123 e. The first kappa shape index (κ1) is 17.9. The summed E-state index contributed by atoms with van der Waals surface area (Å²) in [5.74, 6) is 0.477. The number of nitrogens with one attached hydrogen (secondary N) is 1. The largest absolute Gasteiger partial charge is 0.493 e. The molecule has 3 nitrogen and oxygen atoms in total. The summed E-state index contributed by atoms with van der Waals surface area (Å²) in [6, 6.07) is 4.64. The van der Waals surface area contributed by atoms with Crippen LogP contribution < -0.4 is 10.1 Å². The number of rotatable bonds is 7. The van der Waals surface area contributed by atoms with Crippen molar-refractivity contribution in [3.05, 3.63) is 29.6 Å². The first-order valence-electron chi connectivity index (χ1n) is 7.34. The van der Waals surface area contributed by atoms with E-state index in [1.807, 2.05) is 13.8 Å². The summed E-state index contributed by atoms with van der Waals surface area (Å²) < 4.78 is 24.6. The van der Waals surface area contributed by atoms with Crippen LogP contribution in [0.4, 0.5) is 4.39 Å². The molecule has 1 aromatic carbocycles. The fourth-order valence-electron chi connectivity index (χ4n) is 1.70. The van der Waals surface area contributed by atoms with Crippen molar-refractivity contribution < 1.29 is 13.9 Å². The van der Waals surface area contributed by atoms with Gasteiger partial charge in [0.2, 0.25) is 0 Å². The summed E-state index contributed by atoms with van der Waals surface area (Å²) in [4.78, 5) is 0. The van der Waals surface area contributed by atoms with Gasteiger partial charge in [0, 0.05) is 31.2 Å². The summed E-state index contributed by atoms with van der Waals surface area (Å²) >= 11 is 0. The first-order valence-corrected chi connectivity index (χ1v) is 7.34. The van der Waals surface area contributed by atoms with E-state index < -0.39 is 0 Å². The molecule has 1 rings (SSSR count). The Balaban J connectivity index is 2.68. The highest BCUT2D eigenvalue weighted by atomic mass is 19.1. The van der Waals surface area contributed by atoms with Gasteiger partial charge in [-0.15, -0.1) is 0 Å². The van der Waals surface area contributed by atoms with Crippen molar-refractivity contribution in [3.63, 3.8) is 0 Å². The Morgan fingerprint density at radius 3 is 2.38 bits per heavy atom. The lowest BCUT2D eigenvalue weighted by atomic mass is 10.1. The molecule has 21 heavy (non-hydrogen) atoms. The van der Waals surface area contributed by atoms with E-state index in [9.17, 15) is 4.39 Å². The van der Waals surface area contributed by atoms with Gasteiger partial charge in [-0.05, 0) is 52.8 Å². The van der Waals surface area contributed by atoms with Crippen LogP contribution in [0.1, 0.15) is 46.6 Å². The molecule has 0 amide bonds. The molecule has 120 valence electrons. The van der Waals surface area contributed by atoms with Gasteiger partial charge in [0.1, 0.15) is 11.6 Å². The average Bonchev–Trinajstić information content (AvgIpc) is 2.37. The van der Waals surface area contributed by atoms with Crippen molar-refractivity contribution in [2.75, 3.05) is 13.7 Å². The smallest absolute Gasteiger partial charge is 0.123 e. The van der Waals surface area contributed by atoms with Gasteiger partial charge in [-0.2, -0.15) is 0 Å². The Bertz CT molecular complexity index is 453. The summed E-state index contributed by atoms with van der Waals surface area (Å²) in [6.07, 6.45) is 0.771. The van der Waals surface area contributed by atoms with Crippen LogP contribution in [-0.2, 0) is 11.3 Å². The van der Waals surface area contributed by atoms with Crippen molar-refractivity contribution in [1.82, 2.24) is 5.32 Å². The van der Waals surface area contributed by atoms with E-state index in [0.29, 0.717) is 13.2 Å².